The number of ether oxygens (including phenoxy) is 1. The smallest absolute Gasteiger partial charge is 0.219 e. The molecule has 2 heterocycles. The summed E-state index contributed by atoms with van der Waals surface area (Å²) in [4.78, 5) is 4.11. The van der Waals surface area contributed by atoms with Gasteiger partial charge in [-0.05, 0) is 19.9 Å². The van der Waals surface area contributed by atoms with Crippen LogP contribution < -0.4 is 10.5 Å². The molecular weight excluding hydrogens is 230 g/mol. The standard InChI is InChI=1S/C12H15N5O/c1-7-11(8(2)17(3)16-7)18-10-5-4-9(6-15-10)12(13)14/h4-6H,1-3H3,(H3,13,14). The molecule has 0 aromatic carbocycles. The first kappa shape index (κ1) is 12.1. The van der Waals surface area contributed by atoms with Gasteiger partial charge in [-0.3, -0.25) is 10.1 Å². The van der Waals surface area contributed by atoms with Crippen LogP contribution >= 0.6 is 0 Å². The zero-order valence-electron chi connectivity index (χ0n) is 10.6. The Morgan fingerprint density at radius 2 is 2.11 bits per heavy atom. The van der Waals surface area contributed by atoms with Crippen LogP contribution in [0.15, 0.2) is 18.3 Å². The van der Waals surface area contributed by atoms with E-state index in [0.717, 1.165) is 11.4 Å². The third-order valence-corrected chi connectivity index (χ3v) is 2.70. The lowest BCUT2D eigenvalue weighted by molar-refractivity contribution is 0.455. The maximum Gasteiger partial charge on any atom is 0.219 e. The summed E-state index contributed by atoms with van der Waals surface area (Å²) in [5, 5.41) is 11.5. The molecule has 0 spiro atoms. The van der Waals surface area contributed by atoms with Crippen molar-refractivity contribution in [3.05, 3.63) is 35.3 Å². The number of hydrogen-bond acceptors (Lipinski definition) is 4. The summed E-state index contributed by atoms with van der Waals surface area (Å²) >= 11 is 0. The lowest BCUT2D eigenvalue weighted by atomic mass is 10.3. The Morgan fingerprint density at radius 3 is 2.56 bits per heavy atom. The highest BCUT2D eigenvalue weighted by molar-refractivity contribution is 5.94. The van der Waals surface area contributed by atoms with Gasteiger partial charge in [-0.2, -0.15) is 5.10 Å². The molecule has 2 aromatic rings. The molecule has 0 aliphatic rings. The Labute approximate surface area is 105 Å². The van der Waals surface area contributed by atoms with Gasteiger partial charge in [0.1, 0.15) is 11.5 Å². The number of hydrogen-bond donors (Lipinski definition) is 2. The highest BCUT2D eigenvalue weighted by atomic mass is 16.5. The van der Waals surface area contributed by atoms with E-state index in [1.165, 1.54) is 6.20 Å². The number of aromatic nitrogens is 3. The average molecular weight is 245 g/mol. The number of nitrogen functional groups attached to an aromatic ring is 1. The number of nitrogens with one attached hydrogen (secondary N) is 1. The van der Waals surface area contributed by atoms with E-state index in [1.807, 2.05) is 20.9 Å². The van der Waals surface area contributed by atoms with Crippen LogP contribution in [0, 0.1) is 19.3 Å². The highest BCUT2D eigenvalue weighted by Gasteiger charge is 2.12. The predicted molar refractivity (Wildman–Crippen MR) is 68.0 cm³/mol. The minimum Gasteiger partial charge on any atom is -0.435 e. The third-order valence-electron chi connectivity index (χ3n) is 2.70. The van der Waals surface area contributed by atoms with Crippen LogP contribution in [0.3, 0.4) is 0 Å². The second-order valence-electron chi connectivity index (χ2n) is 4.02. The van der Waals surface area contributed by atoms with Crippen molar-refractivity contribution < 1.29 is 4.74 Å². The van der Waals surface area contributed by atoms with Crippen molar-refractivity contribution in [3.63, 3.8) is 0 Å². The van der Waals surface area contributed by atoms with Crippen LogP contribution in [0.2, 0.25) is 0 Å². The van der Waals surface area contributed by atoms with E-state index in [0.29, 0.717) is 17.2 Å². The van der Waals surface area contributed by atoms with Crippen molar-refractivity contribution in [1.82, 2.24) is 14.8 Å². The van der Waals surface area contributed by atoms with Crippen molar-refractivity contribution in [2.45, 2.75) is 13.8 Å². The van der Waals surface area contributed by atoms with E-state index in [-0.39, 0.29) is 5.84 Å². The quantitative estimate of drug-likeness (QED) is 0.633. The van der Waals surface area contributed by atoms with Crippen molar-refractivity contribution >= 4 is 5.84 Å². The molecule has 3 N–H and O–H groups in total. The van der Waals surface area contributed by atoms with E-state index in [4.69, 9.17) is 15.9 Å². The molecule has 18 heavy (non-hydrogen) atoms. The minimum absolute atomic E-state index is 0.0113. The second kappa shape index (κ2) is 4.48. The van der Waals surface area contributed by atoms with Gasteiger partial charge in [-0.15, -0.1) is 0 Å². The molecular formula is C12H15N5O. The first-order chi connectivity index (χ1) is 8.49. The summed E-state index contributed by atoms with van der Waals surface area (Å²) in [5.41, 5.74) is 7.68. The second-order valence-corrected chi connectivity index (χ2v) is 4.02. The van der Waals surface area contributed by atoms with Crippen molar-refractivity contribution in [3.8, 4) is 11.6 Å². The molecule has 0 bridgehead atoms. The molecule has 2 rings (SSSR count). The molecule has 2 aromatic heterocycles. The van der Waals surface area contributed by atoms with E-state index < -0.39 is 0 Å². The topological polar surface area (TPSA) is 89.8 Å². The normalized spacial score (nSPS) is 10.4. The Morgan fingerprint density at radius 1 is 1.39 bits per heavy atom. The molecule has 0 saturated heterocycles. The van der Waals surface area contributed by atoms with Crippen LogP contribution in [0.4, 0.5) is 0 Å². The van der Waals surface area contributed by atoms with Gasteiger partial charge in [0.05, 0.1) is 5.69 Å². The lowest BCUT2D eigenvalue weighted by Gasteiger charge is -2.05. The molecule has 0 radical (unpaired) electrons. The molecule has 0 amide bonds. The van der Waals surface area contributed by atoms with Gasteiger partial charge in [-0.25, -0.2) is 4.98 Å². The first-order valence-electron chi connectivity index (χ1n) is 5.47. The fourth-order valence-electron chi connectivity index (χ4n) is 1.61. The fourth-order valence-corrected chi connectivity index (χ4v) is 1.61. The Balaban J connectivity index is 2.26. The average Bonchev–Trinajstić information content (AvgIpc) is 2.57. The van der Waals surface area contributed by atoms with Crippen LogP contribution in [-0.2, 0) is 7.05 Å². The number of pyridine rings is 1. The van der Waals surface area contributed by atoms with E-state index >= 15 is 0 Å². The predicted octanol–water partition coefficient (Wildman–Crippen LogP) is 1.51. The molecule has 6 nitrogen and oxygen atoms in total. The summed E-state index contributed by atoms with van der Waals surface area (Å²) in [6.45, 7) is 3.81. The lowest BCUT2D eigenvalue weighted by Crippen LogP contribution is -2.11. The van der Waals surface area contributed by atoms with Crippen LogP contribution in [0.5, 0.6) is 11.6 Å². The maximum absolute atomic E-state index is 7.28. The summed E-state index contributed by atoms with van der Waals surface area (Å²) in [7, 11) is 1.86. The van der Waals surface area contributed by atoms with Gasteiger partial charge < -0.3 is 10.5 Å². The number of nitrogens with two attached hydrogens (primary N) is 1. The number of aryl methyl sites for hydroxylation is 2. The molecule has 94 valence electrons. The fraction of sp³-hybridized carbons (Fsp3) is 0.250. The van der Waals surface area contributed by atoms with Crippen molar-refractivity contribution in [2.24, 2.45) is 12.8 Å². The van der Waals surface area contributed by atoms with E-state index in [1.54, 1.807) is 16.8 Å². The van der Waals surface area contributed by atoms with Gasteiger partial charge in [-0.1, -0.05) is 0 Å². The molecule has 0 unspecified atom stereocenters. The molecule has 6 heteroatoms. The summed E-state index contributed by atoms with van der Waals surface area (Å²) < 4.78 is 7.45. The van der Waals surface area contributed by atoms with Gasteiger partial charge >= 0.3 is 0 Å². The van der Waals surface area contributed by atoms with Gasteiger partial charge in [0.25, 0.3) is 0 Å². The zero-order chi connectivity index (χ0) is 13.3. The third kappa shape index (κ3) is 2.17. The maximum atomic E-state index is 7.28. The minimum atomic E-state index is -0.0113. The molecule has 0 aliphatic heterocycles. The number of nitrogens with zero attached hydrogens (tertiary/aromatic N) is 3. The highest BCUT2D eigenvalue weighted by Crippen LogP contribution is 2.26. The van der Waals surface area contributed by atoms with Crippen LogP contribution in [0.25, 0.3) is 0 Å². The number of amidine groups is 1. The van der Waals surface area contributed by atoms with Crippen molar-refractivity contribution in [2.75, 3.05) is 0 Å². The van der Waals surface area contributed by atoms with Gasteiger partial charge in [0.15, 0.2) is 5.75 Å². The van der Waals surface area contributed by atoms with Gasteiger partial charge in [0.2, 0.25) is 5.88 Å². The zero-order valence-corrected chi connectivity index (χ0v) is 10.6. The van der Waals surface area contributed by atoms with Crippen LogP contribution in [0.1, 0.15) is 17.0 Å². The largest absolute Gasteiger partial charge is 0.435 e. The first-order valence-corrected chi connectivity index (χ1v) is 5.47. The van der Waals surface area contributed by atoms with E-state index in [2.05, 4.69) is 10.1 Å². The van der Waals surface area contributed by atoms with Gasteiger partial charge in [0, 0.05) is 24.9 Å². The van der Waals surface area contributed by atoms with Crippen molar-refractivity contribution in [1.29, 1.82) is 5.41 Å². The Hall–Kier alpha value is -2.37. The Bertz CT molecular complexity index is 585. The monoisotopic (exact) mass is 245 g/mol. The number of rotatable bonds is 3. The summed E-state index contributed by atoms with van der Waals surface area (Å²) in [6.07, 6.45) is 1.51. The molecule has 0 atom stereocenters. The molecule has 0 aliphatic carbocycles. The molecule has 0 fully saturated rings. The van der Waals surface area contributed by atoms with Crippen LogP contribution in [-0.4, -0.2) is 20.6 Å². The Kier molecular flexibility index (Phi) is 3.01. The summed E-state index contributed by atoms with van der Waals surface area (Å²) in [5.74, 6) is 1.16. The molecule has 0 saturated carbocycles. The van der Waals surface area contributed by atoms with E-state index in [9.17, 15) is 0 Å². The SMILES string of the molecule is Cc1nn(C)c(C)c1Oc1ccc(C(=N)N)cn1. The summed E-state index contributed by atoms with van der Waals surface area (Å²) in [6, 6.07) is 3.38.